The summed E-state index contributed by atoms with van der Waals surface area (Å²) in [5.74, 6) is 2.66. The number of amidine groups is 2. The number of aliphatic imine (C=N–C) groups is 2. The molecule has 0 radical (unpaired) electrons. The largest absolute Gasteiger partial charge is 0.361 e. The lowest BCUT2D eigenvalue weighted by Gasteiger charge is -2.33. The molecule has 146 valence electrons. The monoisotopic (exact) mass is 375 g/mol. The van der Waals surface area contributed by atoms with Crippen LogP contribution in [-0.4, -0.2) is 33.8 Å². The molecular formula is C23H29N5. The van der Waals surface area contributed by atoms with Gasteiger partial charge in [-0.1, -0.05) is 37.5 Å². The molecule has 2 aliphatic heterocycles. The number of hydrogen-bond acceptors (Lipinski definition) is 4. The van der Waals surface area contributed by atoms with Gasteiger partial charge in [0.05, 0.1) is 5.70 Å². The van der Waals surface area contributed by atoms with Crippen molar-refractivity contribution in [3.63, 3.8) is 0 Å². The summed E-state index contributed by atoms with van der Waals surface area (Å²) in [5.41, 5.74) is 3.37. The van der Waals surface area contributed by atoms with Crippen molar-refractivity contribution in [3.8, 4) is 0 Å². The fourth-order valence-electron chi connectivity index (χ4n) is 4.75. The Morgan fingerprint density at radius 2 is 1.96 bits per heavy atom. The van der Waals surface area contributed by atoms with Gasteiger partial charge in [0.15, 0.2) is 5.84 Å². The molecule has 5 rings (SSSR count). The first-order valence-electron chi connectivity index (χ1n) is 10.6. The van der Waals surface area contributed by atoms with Gasteiger partial charge in [0.1, 0.15) is 11.5 Å². The van der Waals surface area contributed by atoms with Crippen LogP contribution in [0.3, 0.4) is 0 Å². The summed E-state index contributed by atoms with van der Waals surface area (Å²) in [4.78, 5) is 15.6. The predicted octanol–water partition coefficient (Wildman–Crippen LogP) is 4.58. The molecule has 0 amide bonds. The first-order chi connectivity index (χ1) is 13.6. The van der Waals surface area contributed by atoms with Gasteiger partial charge in [-0.3, -0.25) is 0 Å². The van der Waals surface area contributed by atoms with E-state index < -0.39 is 0 Å². The highest BCUT2D eigenvalue weighted by atomic mass is 15.3. The second-order valence-electron chi connectivity index (χ2n) is 8.77. The van der Waals surface area contributed by atoms with Crippen LogP contribution < -0.4 is 5.32 Å². The summed E-state index contributed by atoms with van der Waals surface area (Å²) >= 11 is 0. The van der Waals surface area contributed by atoms with Gasteiger partial charge in [-0.25, -0.2) is 9.98 Å². The number of aromatic nitrogens is 1. The van der Waals surface area contributed by atoms with Crippen LogP contribution in [0, 0.1) is 5.92 Å². The van der Waals surface area contributed by atoms with Crippen molar-refractivity contribution in [1.82, 2.24) is 15.2 Å². The fourth-order valence-corrected chi connectivity index (χ4v) is 4.75. The van der Waals surface area contributed by atoms with E-state index in [0.717, 1.165) is 24.5 Å². The third-order valence-corrected chi connectivity index (χ3v) is 6.13. The number of nitrogens with zero attached hydrogens (tertiary/aromatic N) is 3. The average molecular weight is 376 g/mol. The Bertz CT molecular complexity index is 972. The van der Waals surface area contributed by atoms with Crippen LogP contribution in [-0.2, 0) is 6.42 Å². The Kier molecular flexibility index (Phi) is 4.26. The van der Waals surface area contributed by atoms with Crippen molar-refractivity contribution in [2.45, 2.75) is 58.0 Å². The SMILES string of the molecule is CC1(C)N=C2N=C(C3CCCCC3)N(CCc3c[nH]c4ccccc34)C=C2N1. The minimum absolute atomic E-state index is 0.269. The van der Waals surface area contributed by atoms with Gasteiger partial charge in [0, 0.05) is 35.8 Å². The van der Waals surface area contributed by atoms with E-state index in [1.807, 2.05) is 0 Å². The lowest BCUT2D eigenvalue weighted by Crippen LogP contribution is -2.40. The van der Waals surface area contributed by atoms with Gasteiger partial charge >= 0.3 is 0 Å². The van der Waals surface area contributed by atoms with E-state index in [4.69, 9.17) is 9.98 Å². The molecule has 1 aliphatic carbocycles. The Balaban J connectivity index is 1.42. The van der Waals surface area contributed by atoms with Crippen LogP contribution in [0.4, 0.5) is 0 Å². The average Bonchev–Trinajstić information content (AvgIpc) is 3.24. The Labute approximate surface area is 166 Å². The van der Waals surface area contributed by atoms with Gasteiger partial charge in [0.25, 0.3) is 0 Å². The molecule has 1 aromatic carbocycles. The summed E-state index contributed by atoms with van der Waals surface area (Å²) in [7, 11) is 0. The molecule has 0 unspecified atom stereocenters. The topological polar surface area (TPSA) is 55.8 Å². The minimum atomic E-state index is -0.269. The molecule has 28 heavy (non-hydrogen) atoms. The Morgan fingerprint density at radius 1 is 1.14 bits per heavy atom. The van der Waals surface area contributed by atoms with Crippen molar-refractivity contribution in [1.29, 1.82) is 0 Å². The first-order valence-corrected chi connectivity index (χ1v) is 10.6. The quantitative estimate of drug-likeness (QED) is 0.821. The second-order valence-corrected chi connectivity index (χ2v) is 8.77. The maximum Gasteiger partial charge on any atom is 0.176 e. The van der Waals surface area contributed by atoms with Gasteiger partial charge < -0.3 is 15.2 Å². The first kappa shape index (κ1) is 17.5. The normalized spacial score (nSPS) is 21.8. The smallest absolute Gasteiger partial charge is 0.176 e. The summed E-state index contributed by atoms with van der Waals surface area (Å²) in [5, 5.41) is 4.84. The van der Waals surface area contributed by atoms with Crippen molar-refractivity contribution >= 4 is 22.6 Å². The van der Waals surface area contributed by atoms with E-state index in [9.17, 15) is 0 Å². The summed E-state index contributed by atoms with van der Waals surface area (Å²) in [6.07, 6.45) is 11.9. The van der Waals surface area contributed by atoms with Crippen molar-refractivity contribution in [2.24, 2.45) is 15.9 Å². The zero-order chi connectivity index (χ0) is 19.1. The number of para-hydroxylation sites is 1. The second kappa shape index (κ2) is 6.80. The maximum absolute atomic E-state index is 5.06. The fraction of sp³-hybridized carbons (Fsp3) is 0.478. The standard InChI is InChI=1S/C23H29N5/c1-23(2)26-20-15-28(13-12-17-14-24-19-11-7-6-10-18(17)19)22(25-21(20)27-23)16-8-4-3-5-9-16/h6-7,10-11,14-16,24,26H,3-5,8-9,12-13H2,1-2H3. The number of benzene rings is 1. The number of fused-ring (bicyclic) bond motifs is 2. The van der Waals surface area contributed by atoms with Gasteiger partial charge in [-0.2, -0.15) is 0 Å². The van der Waals surface area contributed by atoms with Crippen LogP contribution in [0.15, 0.2) is 52.3 Å². The highest BCUT2D eigenvalue weighted by Gasteiger charge is 2.34. The summed E-state index contributed by atoms with van der Waals surface area (Å²) in [6.45, 7) is 5.15. The molecule has 5 nitrogen and oxygen atoms in total. The molecule has 0 saturated heterocycles. The van der Waals surface area contributed by atoms with Crippen molar-refractivity contribution in [2.75, 3.05) is 6.54 Å². The lowest BCUT2D eigenvalue weighted by molar-refractivity contribution is 0.399. The highest BCUT2D eigenvalue weighted by molar-refractivity contribution is 6.10. The van der Waals surface area contributed by atoms with Crippen LogP contribution >= 0.6 is 0 Å². The molecule has 2 N–H and O–H groups in total. The number of hydrogen-bond donors (Lipinski definition) is 2. The molecule has 0 bridgehead atoms. The van der Waals surface area contributed by atoms with Gasteiger partial charge in [0.2, 0.25) is 0 Å². The third-order valence-electron chi connectivity index (χ3n) is 6.13. The molecule has 1 aromatic heterocycles. The summed E-state index contributed by atoms with van der Waals surface area (Å²) in [6, 6.07) is 8.55. The molecule has 0 spiro atoms. The van der Waals surface area contributed by atoms with Crippen molar-refractivity contribution in [3.05, 3.63) is 47.9 Å². The number of rotatable bonds is 4. The Hall–Kier alpha value is -2.56. The molecule has 1 saturated carbocycles. The molecule has 5 heteroatoms. The van der Waals surface area contributed by atoms with E-state index in [0.29, 0.717) is 5.92 Å². The van der Waals surface area contributed by atoms with Gasteiger partial charge in [-0.15, -0.1) is 0 Å². The zero-order valence-corrected chi connectivity index (χ0v) is 16.8. The lowest BCUT2D eigenvalue weighted by atomic mass is 9.87. The molecule has 0 atom stereocenters. The van der Waals surface area contributed by atoms with E-state index in [2.05, 4.69) is 65.7 Å². The maximum atomic E-state index is 5.06. The van der Waals surface area contributed by atoms with Crippen LogP contribution in [0.2, 0.25) is 0 Å². The number of H-pyrrole nitrogens is 1. The van der Waals surface area contributed by atoms with Crippen LogP contribution in [0.25, 0.3) is 10.9 Å². The highest BCUT2D eigenvalue weighted by Crippen LogP contribution is 2.31. The third kappa shape index (κ3) is 3.23. The molecule has 3 heterocycles. The van der Waals surface area contributed by atoms with Crippen LogP contribution in [0.1, 0.15) is 51.5 Å². The molecular weight excluding hydrogens is 346 g/mol. The van der Waals surface area contributed by atoms with Gasteiger partial charge in [-0.05, 0) is 44.7 Å². The molecule has 3 aliphatic rings. The zero-order valence-electron chi connectivity index (χ0n) is 16.8. The van der Waals surface area contributed by atoms with Crippen LogP contribution in [0.5, 0.6) is 0 Å². The predicted molar refractivity (Wildman–Crippen MR) is 115 cm³/mol. The van der Waals surface area contributed by atoms with E-state index in [1.165, 1.54) is 54.4 Å². The molecule has 1 fully saturated rings. The Morgan fingerprint density at radius 3 is 2.82 bits per heavy atom. The van der Waals surface area contributed by atoms with E-state index in [-0.39, 0.29) is 5.66 Å². The molecule has 2 aromatic rings. The number of nitrogens with one attached hydrogen (secondary N) is 2. The number of aromatic amines is 1. The minimum Gasteiger partial charge on any atom is -0.361 e. The van der Waals surface area contributed by atoms with E-state index in [1.54, 1.807) is 0 Å². The van der Waals surface area contributed by atoms with Crippen molar-refractivity contribution < 1.29 is 0 Å². The summed E-state index contributed by atoms with van der Waals surface area (Å²) < 4.78 is 0. The van der Waals surface area contributed by atoms with E-state index >= 15 is 0 Å².